The van der Waals surface area contributed by atoms with Crippen LogP contribution in [0.15, 0.2) is 28.7 Å². The summed E-state index contributed by atoms with van der Waals surface area (Å²) in [5.41, 5.74) is 3.55. The smallest absolute Gasteiger partial charge is 0.161 e. The van der Waals surface area contributed by atoms with Gasteiger partial charge in [-0.2, -0.15) is 0 Å². The standard InChI is InChI=1S/C17H20BrN3/c1-10(2)15-14(18)17(19-3)21-16(20-15)13-8-6-12(7-9-13)11-4-5-11/h6-11H,4-5H2,1-3H3,(H,19,20,21). The van der Waals surface area contributed by atoms with E-state index in [1.54, 1.807) is 0 Å². The zero-order valence-electron chi connectivity index (χ0n) is 12.7. The molecule has 0 saturated heterocycles. The molecule has 3 nitrogen and oxygen atoms in total. The molecule has 1 saturated carbocycles. The van der Waals surface area contributed by atoms with Gasteiger partial charge in [0.05, 0.1) is 10.2 Å². The molecule has 0 spiro atoms. The van der Waals surface area contributed by atoms with Crippen LogP contribution in [0.3, 0.4) is 0 Å². The van der Waals surface area contributed by atoms with Gasteiger partial charge >= 0.3 is 0 Å². The molecule has 0 aliphatic heterocycles. The van der Waals surface area contributed by atoms with E-state index in [0.717, 1.165) is 33.3 Å². The molecule has 1 aliphatic rings. The Morgan fingerprint density at radius 2 is 1.81 bits per heavy atom. The van der Waals surface area contributed by atoms with Gasteiger partial charge in [-0.1, -0.05) is 38.1 Å². The Kier molecular flexibility index (Phi) is 3.98. The van der Waals surface area contributed by atoms with Crippen LogP contribution >= 0.6 is 15.9 Å². The number of rotatable bonds is 4. The van der Waals surface area contributed by atoms with Crippen molar-refractivity contribution in [3.8, 4) is 11.4 Å². The second-order valence-corrected chi connectivity index (χ2v) is 6.69. The van der Waals surface area contributed by atoms with Crippen LogP contribution in [0.4, 0.5) is 5.82 Å². The summed E-state index contributed by atoms with van der Waals surface area (Å²) in [6.07, 6.45) is 2.66. The highest BCUT2D eigenvalue weighted by Crippen LogP contribution is 2.40. The van der Waals surface area contributed by atoms with Gasteiger partial charge < -0.3 is 5.32 Å². The zero-order chi connectivity index (χ0) is 15.0. The third kappa shape index (κ3) is 2.95. The number of nitrogens with one attached hydrogen (secondary N) is 1. The summed E-state index contributed by atoms with van der Waals surface area (Å²) in [4.78, 5) is 9.37. The van der Waals surface area contributed by atoms with Crippen LogP contribution in [0.5, 0.6) is 0 Å². The fourth-order valence-corrected chi connectivity index (χ4v) is 3.30. The van der Waals surface area contributed by atoms with Crippen LogP contribution in [0, 0.1) is 0 Å². The van der Waals surface area contributed by atoms with Crippen LogP contribution in [0.25, 0.3) is 11.4 Å². The normalized spacial score (nSPS) is 14.5. The molecule has 1 aromatic carbocycles. The minimum absolute atomic E-state index is 0.346. The summed E-state index contributed by atoms with van der Waals surface area (Å²) in [6.45, 7) is 4.29. The van der Waals surface area contributed by atoms with Crippen LogP contribution in [-0.2, 0) is 0 Å². The highest BCUT2D eigenvalue weighted by Gasteiger charge is 2.23. The van der Waals surface area contributed by atoms with Gasteiger partial charge in [-0.05, 0) is 46.2 Å². The summed E-state index contributed by atoms with van der Waals surface area (Å²) in [7, 11) is 1.89. The highest BCUT2D eigenvalue weighted by molar-refractivity contribution is 9.10. The Bertz CT molecular complexity index is 646. The van der Waals surface area contributed by atoms with E-state index in [1.165, 1.54) is 18.4 Å². The van der Waals surface area contributed by atoms with Gasteiger partial charge in [-0.25, -0.2) is 9.97 Å². The molecule has 2 aromatic rings. The van der Waals surface area contributed by atoms with E-state index >= 15 is 0 Å². The number of hydrogen-bond acceptors (Lipinski definition) is 3. The van der Waals surface area contributed by atoms with Crippen LogP contribution in [0.1, 0.15) is 49.8 Å². The Balaban J connectivity index is 2.02. The SMILES string of the molecule is CNc1nc(-c2ccc(C3CC3)cc2)nc(C(C)C)c1Br. The average molecular weight is 346 g/mol. The van der Waals surface area contributed by atoms with Crippen molar-refractivity contribution >= 4 is 21.7 Å². The van der Waals surface area contributed by atoms with Crippen molar-refractivity contribution in [2.75, 3.05) is 12.4 Å². The summed E-state index contributed by atoms with van der Waals surface area (Å²) in [5.74, 6) is 2.76. The summed E-state index contributed by atoms with van der Waals surface area (Å²) in [5, 5.41) is 3.14. The van der Waals surface area contributed by atoms with Crippen molar-refractivity contribution in [2.24, 2.45) is 0 Å². The van der Waals surface area contributed by atoms with Crippen LogP contribution < -0.4 is 5.32 Å². The topological polar surface area (TPSA) is 37.8 Å². The second kappa shape index (κ2) is 5.76. The molecule has 0 bridgehead atoms. The first-order chi connectivity index (χ1) is 10.1. The maximum Gasteiger partial charge on any atom is 0.161 e. The molecule has 1 N–H and O–H groups in total. The fourth-order valence-electron chi connectivity index (χ4n) is 2.46. The van der Waals surface area contributed by atoms with Crippen molar-refractivity contribution in [3.63, 3.8) is 0 Å². The molecular weight excluding hydrogens is 326 g/mol. The molecule has 0 radical (unpaired) electrons. The lowest BCUT2D eigenvalue weighted by atomic mass is 10.1. The van der Waals surface area contributed by atoms with Crippen molar-refractivity contribution in [3.05, 3.63) is 40.0 Å². The molecule has 0 amide bonds. The Labute approximate surface area is 134 Å². The van der Waals surface area contributed by atoms with E-state index < -0.39 is 0 Å². The van der Waals surface area contributed by atoms with E-state index in [9.17, 15) is 0 Å². The van der Waals surface area contributed by atoms with Gasteiger partial charge in [0.2, 0.25) is 0 Å². The van der Waals surface area contributed by atoms with Crippen LogP contribution in [0.2, 0.25) is 0 Å². The Morgan fingerprint density at radius 1 is 1.14 bits per heavy atom. The first-order valence-corrected chi connectivity index (χ1v) is 8.25. The number of hydrogen-bond donors (Lipinski definition) is 1. The Morgan fingerprint density at radius 3 is 2.33 bits per heavy atom. The molecule has 1 aromatic heterocycles. The number of anilines is 1. The molecule has 21 heavy (non-hydrogen) atoms. The number of halogens is 1. The summed E-state index contributed by atoms with van der Waals surface area (Å²) in [6, 6.07) is 8.71. The first-order valence-electron chi connectivity index (χ1n) is 7.45. The van der Waals surface area contributed by atoms with Crippen molar-refractivity contribution in [1.82, 2.24) is 9.97 Å². The lowest BCUT2D eigenvalue weighted by Crippen LogP contribution is -2.04. The summed E-state index contributed by atoms with van der Waals surface area (Å²) < 4.78 is 0.957. The lowest BCUT2D eigenvalue weighted by molar-refractivity contribution is 0.810. The average Bonchev–Trinajstić information content (AvgIpc) is 3.32. The van der Waals surface area contributed by atoms with E-state index in [0.29, 0.717) is 5.92 Å². The van der Waals surface area contributed by atoms with E-state index in [-0.39, 0.29) is 0 Å². The first kappa shape index (κ1) is 14.5. The van der Waals surface area contributed by atoms with Gasteiger partial charge in [-0.15, -0.1) is 0 Å². The predicted molar refractivity (Wildman–Crippen MR) is 90.8 cm³/mol. The fraction of sp³-hybridized carbons (Fsp3) is 0.412. The third-order valence-electron chi connectivity index (χ3n) is 3.88. The number of aromatic nitrogens is 2. The van der Waals surface area contributed by atoms with E-state index in [1.807, 2.05) is 7.05 Å². The number of benzene rings is 1. The lowest BCUT2D eigenvalue weighted by Gasteiger charge is -2.13. The second-order valence-electron chi connectivity index (χ2n) is 5.90. The molecule has 3 rings (SSSR count). The Hall–Kier alpha value is -1.42. The maximum absolute atomic E-state index is 4.74. The van der Waals surface area contributed by atoms with Gasteiger partial charge in [0.15, 0.2) is 5.82 Å². The number of nitrogens with zero attached hydrogens (tertiary/aromatic N) is 2. The monoisotopic (exact) mass is 345 g/mol. The minimum atomic E-state index is 0.346. The summed E-state index contributed by atoms with van der Waals surface area (Å²) >= 11 is 3.60. The molecule has 0 unspecified atom stereocenters. The molecule has 110 valence electrons. The third-order valence-corrected chi connectivity index (χ3v) is 4.66. The van der Waals surface area contributed by atoms with Crippen molar-refractivity contribution in [1.29, 1.82) is 0 Å². The van der Waals surface area contributed by atoms with E-state index in [4.69, 9.17) is 4.98 Å². The predicted octanol–water partition coefficient (Wildman–Crippen LogP) is 4.95. The van der Waals surface area contributed by atoms with Gasteiger partial charge in [0.25, 0.3) is 0 Å². The minimum Gasteiger partial charge on any atom is -0.372 e. The van der Waals surface area contributed by atoms with Crippen molar-refractivity contribution < 1.29 is 0 Å². The van der Waals surface area contributed by atoms with Gasteiger partial charge in [0.1, 0.15) is 5.82 Å². The molecular formula is C17H20BrN3. The van der Waals surface area contributed by atoms with Gasteiger partial charge in [0, 0.05) is 12.6 Å². The molecule has 0 atom stereocenters. The van der Waals surface area contributed by atoms with Gasteiger partial charge in [-0.3, -0.25) is 0 Å². The molecule has 4 heteroatoms. The quantitative estimate of drug-likeness (QED) is 0.851. The maximum atomic E-state index is 4.74. The molecule has 1 fully saturated rings. The molecule has 1 heterocycles. The highest BCUT2D eigenvalue weighted by atomic mass is 79.9. The van der Waals surface area contributed by atoms with Crippen molar-refractivity contribution in [2.45, 2.75) is 38.5 Å². The van der Waals surface area contributed by atoms with E-state index in [2.05, 4.69) is 64.3 Å². The molecule has 1 aliphatic carbocycles. The largest absolute Gasteiger partial charge is 0.372 e. The van der Waals surface area contributed by atoms with Crippen LogP contribution in [-0.4, -0.2) is 17.0 Å². The zero-order valence-corrected chi connectivity index (χ0v) is 14.2.